The van der Waals surface area contributed by atoms with Gasteiger partial charge in [-0.1, -0.05) is 63.4 Å². The van der Waals surface area contributed by atoms with Crippen LogP contribution in [-0.2, 0) is 16.0 Å². The maximum absolute atomic E-state index is 10.2. The van der Waals surface area contributed by atoms with Crippen molar-refractivity contribution < 1.29 is 9.53 Å². The smallest absolute Gasteiger partial charge is 0.302 e. The molecule has 0 aliphatic heterocycles. The maximum atomic E-state index is 10.2. The molecule has 0 saturated heterocycles. The number of hydrogen-bond donors (Lipinski definition) is 0. The monoisotopic (exact) mass is 264 g/mol. The van der Waals surface area contributed by atoms with E-state index in [4.69, 9.17) is 4.74 Å². The van der Waals surface area contributed by atoms with Crippen LogP contribution in [0.2, 0.25) is 0 Å². The molecule has 0 aliphatic carbocycles. The van der Waals surface area contributed by atoms with E-state index in [1.807, 2.05) is 0 Å². The van der Waals surface area contributed by atoms with Crippen molar-refractivity contribution in [2.75, 3.05) is 6.61 Å². The van der Waals surface area contributed by atoms with Gasteiger partial charge in [-0.3, -0.25) is 4.79 Å². The topological polar surface area (TPSA) is 26.3 Å². The number of hydrogen-bond acceptors (Lipinski definition) is 2. The summed E-state index contributed by atoms with van der Waals surface area (Å²) in [6, 6.07) is 10.6. The lowest BCUT2D eigenvalue weighted by Gasteiger charge is -1.98. The molecule has 1 aromatic carbocycles. The van der Waals surface area contributed by atoms with Gasteiger partial charge in [-0.05, 0) is 24.8 Å². The number of ether oxygens (including phenoxy) is 1. The average Bonchev–Trinajstić information content (AvgIpc) is 2.43. The van der Waals surface area contributed by atoms with Crippen LogP contribution in [0.25, 0.3) is 0 Å². The van der Waals surface area contributed by atoms with Crippen LogP contribution < -0.4 is 0 Å². The number of esters is 1. The summed E-state index contributed by atoms with van der Waals surface area (Å²) >= 11 is 0. The van der Waals surface area contributed by atoms with E-state index in [9.17, 15) is 4.79 Å². The SMILES string of the molecule is CCCCCOC(C)=O.CCCCc1ccccc1. The van der Waals surface area contributed by atoms with Gasteiger partial charge in [0, 0.05) is 6.92 Å². The molecule has 1 aromatic rings. The van der Waals surface area contributed by atoms with E-state index in [1.54, 1.807) is 0 Å². The molecule has 2 nitrogen and oxygen atoms in total. The van der Waals surface area contributed by atoms with Gasteiger partial charge in [-0.15, -0.1) is 0 Å². The van der Waals surface area contributed by atoms with Crippen molar-refractivity contribution in [2.24, 2.45) is 0 Å². The van der Waals surface area contributed by atoms with Gasteiger partial charge in [0.2, 0.25) is 0 Å². The van der Waals surface area contributed by atoms with Gasteiger partial charge in [0.05, 0.1) is 6.61 Å². The van der Waals surface area contributed by atoms with E-state index in [0.29, 0.717) is 6.61 Å². The normalized spacial score (nSPS) is 9.42. The molecule has 0 spiro atoms. The molecule has 108 valence electrons. The van der Waals surface area contributed by atoms with Crippen molar-refractivity contribution in [3.63, 3.8) is 0 Å². The first-order chi connectivity index (χ1) is 9.20. The van der Waals surface area contributed by atoms with Crippen molar-refractivity contribution in [2.45, 2.75) is 59.3 Å². The molecule has 0 aromatic heterocycles. The van der Waals surface area contributed by atoms with Crippen LogP contribution in [0.3, 0.4) is 0 Å². The van der Waals surface area contributed by atoms with Gasteiger partial charge < -0.3 is 4.74 Å². The highest BCUT2D eigenvalue weighted by Crippen LogP contribution is 2.03. The molecular weight excluding hydrogens is 236 g/mol. The Kier molecular flexibility index (Phi) is 12.2. The predicted octanol–water partition coefficient (Wildman–Crippen LogP) is 4.77. The Labute approximate surface area is 118 Å². The zero-order valence-electron chi connectivity index (χ0n) is 12.7. The lowest BCUT2D eigenvalue weighted by atomic mass is 10.1. The summed E-state index contributed by atoms with van der Waals surface area (Å²) in [7, 11) is 0. The number of unbranched alkanes of at least 4 members (excludes halogenated alkanes) is 3. The minimum absolute atomic E-state index is 0.175. The molecule has 0 N–H and O–H groups in total. The van der Waals surface area contributed by atoms with Gasteiger partial charge in [0.15, 0.2) is 0 Å². The molecule has 0 fully saturated rings. The average molecular weight is 264 g/mol. The van der Waals surface area contributed by atoms with Crippen molar-refractivity contribution in [1.82, 2.24) is 0 Å². The molecule has 19 heavy (non-hydrogen) atoms. The first-order valence-corrected chi connectivity index (χ1v) is 7.38. The van der Waals surface area contributed by atoms with Crippen molar-refractivity contribution in [3.05, 3.63) is 35.9 Å². The Morgan fingerprint density at radius 1 is 1.00 bits per heavy atom. The summed E-state index contributed by atoms with van der Waals surface area (Å²) in [5.74, 6) is -0.175. The fraction of sp³-hybridized carbons (Fsp3) is 0.588. The molecule has 0 bridgehead atoms. The van der Waals surface area contributed by atoms with Crippen LogP contribution >= 0.6 is 0 Å². The fourth-order valence-corrected chi connectivity index (χ4v) is 1.59. The zero-order valence-corrected chi connectivity index (χ0v) is 12.7. The van der Waals surface area contributed by atoms with E-state index >= 15 is 0 Å². The third-order valence-electron chi connectivity index (χ3n) is 2.72. The van der Waals surface area contributed by atoms with Gasteiger partial charge in [0.1, 0.15) is 0 Å². The zero-order chi connectivity index (χ0) is 14.3. The molecular formula is C17H28O2. The molecule has 0 unspecified atom stereocenters. The van der Waals surface area contributed by atoms with Crippen molar-refractivity contribution in [3.8, 4) is 0 Å². The van der Waals surface area contributed by atoms with E-state index in [1.165, 1.54) is 38.2 Å². The van der Waals surface area contributed by atoms with Crippen molar-refractivity contribution >= 4 is 5.97 Å². The fourth-order valence-electron chi connectivity index (χ4n) is 1.59. The second kappa shape index (κ2) is 13.1. The molecule has 0 amide bonds. The largest absolute Gasteiger partial charge is 0.466 e. The Morgan fingerprint density at radius 2 is 1.63 bits per heavy atom. The summed E-state index contributed by atoms with van der Waals surface area (Å²) in [6.07, 6.45) is 7.14. The second-order valence-corrected chi connectivity index (χ2v) is 4.64. The molecule has 2 heteroatoms. The highest BCUT2D eigenvalue weighted by atomic mass is 16.5. The highest BCUT2D eigenvalue weighted by Gasteiger charge is 1.90. The standard InChI is InChI=1S/C10H14.C7H14O2/c1-2-3-7-10-8-5-4-6-9-10;1-3-4-5-6-9-7(2)8/h4-6,8-9H,2-3,7H2,1H3;3-6H2,1-2H3. The van der Waals surface area contributed by atoms with Gasteiger partial charge in [-0.2, -0.15) is 0 Å². The minimum Gasteiger partial charge on any atom is -0.466 e. The van der Waals surface area contributed by atoms with Crippen LogP contribution in [0, 0.1) is 0 Å². The molecule has 0 radical (unpaired) electrons. The first kappa shape index (κ1) is 17.7. The van der Waals surface area contributed by atoms with E-state index in [-0.39, 0.29) is 5.97 Å². The summed E-state index contributed by atoms with van der Waals surface area (Å²) in [6.45, 7) is 6.37. The minimum atomic E-state index is -0.175. The third kappa shape index (κ3) is 12.9. The second-order valence-electron chi connectivity index (χ2n) is 4.64. The molecule has 0 aliphatic rings. The summed E-state index contributed by atoms with van der Waals surface area (Å²) in [4.78, 5) is 10.2. The first-order valence-electron chi connectivity index (χ1n) is 7.38. The number of rotatable bonds is 7. The van der Waals surface area contributed by atoms with Crippen molar-refractivity contribution in [1.29, 1.82) is 0 Å². The third-order valence-corrected chi connectivity index (χ3v) is 2.72. The Hall–Kier alpha value is -1.31. The molecule has 1 rings (SSSR count). The number of aryl methyl sites for hydroxylation is 1. The summed E-state index contributed by atoms with van der Waals surface area (Å²) in [5.41, 5.74) is 1.46. The van der Waals surface area contributed by atoms with Gasteiger partial charge in [-0.25, -0.2) is 0 Å². The Balaban J connectivity index is 0.000000344. The maximum Gasteiger partial charge on any atom is 0.302 e. The van der Waals surface area contributed by atoms with E-state index < -0.39 is 0 Å². The van der Waals surface area contributed by atoms with Gasteiger partial charge >= 0.3 is 5.97 Å². The Morgan fingerprint density at radius 3 is 2.16 bits per heavy atom. The van der Waals surface area contributed by atoms with Gasteiger partial charge in [0.25, 0.3) is 0 Å². The summed E-state index contributed by atoms with van der Waals surface area (Å²) in [5, 5.41) is 0. The predicted molar refractivity (Wildman–Crippen MR) is 81.2 cm³/mol. The number of benzene rings is 1. The van der Waals surface area contributed by atoms with Crippen LogP contribution in [-0.4, -0.2) is 12.6 Å². The van der Waals surface area contributed by atoms with E-state index in [0.717, 1.165) is 12.8 Å². The lowest BCUT2D eigenvalue weighted by molar-refractivity contribution is -0.141. The van der Waals surface area contributed by atoms with Crippen LogP contribution in [0.15, 0.2) is 30.3 Å². The quantitative estimate of drug-likeness (QED) is 0.524. The lowest BCUT2D eigenvalue weighted by Crippen LogP contribution is -1.99. The number of carbonyl (C=O) groups is 1. The van der Waals surface area contributed by atoms with E-state index in [2.05, 4.69) is 44.2 Å². The van der Waals surface area contributed by atoms with Crippen LogP contribution in [0.1, 0.15) is 58.4 Å². The molecule has 0 saturated carbocycles. The van der Waals surface area contributed by atoms with Crippen LogP contribution in [0.4, 0.5) is 0 Å². The van der Waals surface area contributed by atoms with Crippen LogP contribution in [0.5, 0.6) is 0 Å². The Bertz CT molecular complexity index is 306. The molecule has 0 atom stereocenters. The highest BCUT2D eigenvalue weighted by molar-refractivity contribution is 5.65. The molecule has 0 heterocycles. The summed E-state index contributed by atoms with van der Waals surface area (Å²) < 4.78 is 4.70. The number of carbonyl (C=O) groups excluding carboxylic acids is 1.